The van der Waals surface area contributed by atoms with Gasteiger partial charge in [-0.1, -0.05) is 0 Å². The molecule has 0 saturated heterocycles. The third-order valence-electron chi connectivity index (χ3n) is 3.33. The Balaban J connectivity index is 2.42. The normalized spacial score (nSPS) is 11.6. The summed E-state index contributed by atoms with van der Waals surface area (Å²) >= 11 is 0. The molecule has 25 heavy (non-hydrogen) atoms. The molecule has 1 aromatic heterocycles. The van der Waals surface area contributed by atoms with Gasteiger partial charge in [-0.05, 0) is 24.3 Å². The maximum Gasteiger partial charge on any atom is 0.449 e. The summed E-state index contributed by atoms with van der Waals surface area (Å²) in [5.74, 6) is -1.23. The first kappa shape index (κ1) is 16.6. The number of fused-ring (bicyclic) bond motifs is 1. The van der Waals surface area contributed by atoms with Crippen molar-refractivity contribution in [2.24, 2.45) is 0 Å². The number of phenolic OH excluding ortho intramolecular Hbond substituents is 2. The SMILES string of the molecule is Nc1cc(O)ccc1-c1c(OS(=O)(=O)O)oc2cc(O)ccc2c1=O. The highest BCUT2D eigenvalue weighted by molar-refractivity contribution is 7.81. The lowest BCUT2D eigenvalue weighted by molar-refractivity contribution is 0.338. The van der Waals surface area contributed by atoms with Crippen molar-refractivity contribution in [1.29, 1.82) is 0 Å². The smallest absolute Gasteiger partial charge is 0.449 e. The van der Waals surface area contributed by atoms with Crippen LogP contribution in [-0.4, -0.2) is 23.2 Å². The van der Waals surface area contributed by atoms with Crippen molar-refractivity contribution in [3.05, 3.63) is 46.6 Å². The summed E-state index contributed by atoms with van der Waals surface area (Å²) in [6.45, 7) is 0. The van der Waals surface area contributed by atoms with E-state index in [1.54, 1.807) is 0 Å². The molecule has 1 heterocycles. The zero-order chi connectivity index (χ0) is 18.4. The summed E-state index contributed by atoms with van der Waals surface area (Å²) in [6, 6.07) is 7.23. The van der Waals surface area contributed by atoms with Gasteiger partial charge in [0, 0.05) is 23.4 Å². The van der Waals surface area contributed by atoms with Crippen LogP contribution in [0.3, 0.4) is 0 Å². The Morgan fingerprint density at radius 3 is 2.32 bits per heavy atom. The Morgan fingerprint density at radius 2 is 1.68 bits per heavy atom. The number of anilines is 1. The van der Waals surface area contributed by atoms with E-state index in [1.807, 2.05) is 0 Å². The highest BCUT2D eigenvalue weighted by Gasteiger charge is 2.23. The van der Waals surface area contributed by atoms with Gasteiger partial charge >= 0.3 is 16.3 Å². The lowest BCUT2D eigenvalue weighted by atomic mass is 10.0. The minimum absolute atomic E-state index is 0.0166. The number of hydrogen-bond donors (Lipinski definition) is 4. The van der Waals surface area contributed by atoms with Crippen molar-refractivity contribution in [1.82, 2.24) is 0 Å². The van der Waals surface area contributed by atoms with Crippen molar-refractivity contribution in [2.75, 3.05) is 5.73 Å². The van der Waals surface area contributed by atoms with E-state index in [0.717, 1.165) is 12.1 Å². The molecule has 10 heteroatoms. The summed E-state index contributed by atoms with van der Waals surface area (Å²) in [4.78, 5) is 12.8. The highest BCUT2D eigenvalue weighted by atomic mass is 32.3. The van der Waals surface area contributed by atoms with Crippen LogP contribution in [-0.2, 0) is 10.4 Å². The molecule has 0 aliphatic carbocycles. The van der Waals surface area contributed by atoms with Crippen LogP contribution in [0.1, 0.15) is 0 Å². The van der Waals surface area contributed by atoms with Crippen LogP contribution >= 0.6 is 0 Å². The molecule has 9 nitrogen and oxygen atoms in total. The Morgan fingerprint density at radius 1 is 1.04 bits per heavy atom. The van der Waals surface area contributed by atoms with Gasteiger partial charge in [0.05, 0.1) is 5.39 Å². The van der Waals surface area contributed by atoms with Crippen LogP contribution in [0, 0.1) is 0 Å². The van der Waals surface area contributed by atoms with Gasteiger partial charge in [0.25, 0.3) is 0 Å². The van der Waals surface area contributed by atoms with E-state index in [9.17, 15) is 23.4 Å². The number of benzene rings is 2. The Hall–Kier alpha value is -3.24. The van der Waals surface area contributed by atoms with Gasteiger partial charge in [0.1, 0.15) is 22.6 Å². The summed E-state index contributed by atoms with van der Waals surface area (Å²) < 4.78 is 40.7. The van der Waals surface area contributed by atoms with Crippen molar-refractivity contribution >= 4 is 27.1 Å². The van der Waals surface area contributed by atoms with E-state index in [0.29, 0.717) is 0 Å². The molecule has 0 fully saturated rings. The fourth-order valence-electron chi connectivity index (χ4n) is 2.33. The minimum Gasteiger partial charge on any atom is -0.508 e. The third-order valence-corrected chi connectivity index (χ3v) is 3.69. The Labute approximate surface area is 140 Å². The Kier molecular flexibility index (Phi) is 3.78. The van der Waals surface area contributed by atoms with Gasteiger partial charge < -0.3 is 24.5 Å². The van der Waals surface area contributed by atoms with Gasteiger partial charge in [0.15, 0.2) is 0 Å². The maximum atomic E-state index is 12.8. The first-order valence-electron chi connectivity index (χ1n) is 6.71. The van der Waals surface area contributed by atoms with Crippen LogP contribution in [0.5, 0.6) is 17.4 Å². The molecule has 0 radical (unpaired) electrons. The monoisotopic (exact) mass is 365 g/mol. The number of phenols is 2. The van der Waals surface area contributed by atoms with E-state index in [2.05, 4.69) is 4.18 Å². The largest absolute Gasteiger partial charge is 0.508 e. The maximum absolute atomic E-state index is 12.8. The van der Waals surface area contributed by atoms with Crippen LogP contribution in [0.4, 0.5) is 5.69 Å². The zero-order valence-electron chi connectivity index (χ0n) is 12.3. The molecule has 0 aliphatic rings. The molecule has 0 spiro atoms. The second kappa shape index (κ2) is 5.69. The summed E-state index contributed by atoms with van der Waals surface area (Å²) in [5.41, 5.74) is 4.51. The van der Waals surface area contributed by atoms with Crippen molar-refractivity contribution in [3.8, 4) is 28.6 Å². The Bertz CT molecular complexity index is 1150. The fourth-order valence-corrected chi connectivity index (χ4v) is 2.63. The highest BCUT2D eigenvalue weighted by Crippen LogP contribution is 2.36. The van der Waals surface area contributed by atoms with Crippen LogP contribution < -0.4 is 15.3 Å². The molecule has 2 aromatic carbocycles. The fraction of sp³-hybridized carbons (Fsp3) is 0. The zero-order valence-corrected chi connectivity index (χ0v) is 13.1. The van der Waals surface area contributed by atoms with Gasteiger partial charge in [-0.15, -0.1) is 0 Å². The lowest BCUT2D eigenvalue weighted by Gasteiger charge is -2.11. The van der Waals surface area contributed by atoms with Crippen molar-refractivity contribution in [3.63, 3.8) is 0 Å². The molecule has 130 valence electrons. The van der Waals surface area contributed by atoms with E-state index < -0.39 is 21.8 Å². The molecule has 3 aromatic rings. The van der Waals surface area contributed by atoms with E-state index in [-0.39, 0.29) is 39.3 Å². The minimum atomic E-state index is -5.01. The molecular formula is C15H11NO8S. The predicted molar refractivity (Wildman–Crippen MR) is 87.8 cm³/mol. The number of hydrogen-bond acceptors (Lipinski definition) is 8. The van der Waals surface area contributed by atoms with Gasteiger partial charge in [-0.2, -0.15) is 8.42 Å². The molecule has 0 aliphatic heterocycles. The van der Waals surface area contributed by atoms with Crippen LogP contribution in [0.15, 0.2) is 45.6 Å². The molecule has 0 bridgehead atoms. The topological polar surface area (TPSA) is 160 Å². The average Bonchev–Trinajstić information content (AvgIpc) is 2.47. The molecule has 0 atom stereocenters. The van der Waals surface area contributed by atoms with Gasteiger partial charge in [-0.25, -0.2) is 0 Å². The second-order valence-electron chi connectivity index (χ2n) is 5.06. The summed E-state index contributed by atoms with van der Waals surface area (Å²) in [6.07, 6.45) is 0. The van der Waals surface area contributed by atoms with Gasteiger partial charge in [-0.3, -0.25) is 9.35 Å². The lowest BCUT2D eigenvalue weighted by Crippen LogP contribution is -2.13. The number of nitrogen functional groups attached to an aromatic ring is 1. The molecule has 0 saturated carbocycles. The summed E-state index contributed by atoms with van der Waals surface area (Å²) in [5, 5.41) is 18.9. The van der Waals surface area contributed by atoms with Crippen molar-refractivity contribution in [2.45, 2.75) is 0 Å². The number of nitrogens with two attached hydrogens (primary N) is 1. The molecule has 3 rings (SSSR count). The standard InChI is InChI=1S/C15H11NO8S/c16-11-5-7(17)1-3-9(11)13-14(19)10-4-2-8(18)6-12(10)23-15(13)24-25(20,21)22/h1-6,17-18H,16H2,(H,20,21,22). The number of aromatic hydroxyl groups is 2. The molecular weight excluding hydrogens is 354 g/mol. The van der Waals surface area contributed by atoms with E-state index >= 15 is 0 Å². The molecule has 5 N–H and O–H groups in total. The van der Waals surface area contributed by atoms with Crippen LogP contribution in [0.2, 0.25) is 0 Å². The first-order chi connectivity index (χ1) is 11.7. The number of rotatable bonds is 3. The third kappa shape index (κ3) is 3.20. The summed E-state index contributed by atoms with van der Waals surface area (Å²) in [7, 11) is -5.01. The predicted octanol–water partition coefficient (Wildman–Crippen LogP) is 1.63. The van der Waals surface area contributed by atoms with Crippen LogP contribution in [0.25, 0.3) is 22.1 Å². The second-order valence-corrected chi connectivity index (χ2v) is 6.08. The van der Waals surface area contributed by atoms with Crippen molar-refractivity contribution < 1.29 is 31.8 Å². The van der Waals surface area contributed by atoms with E-state index in [4.69, 9.17) is 14.7 Å². The average molecular weight is 365 g/mol. The molecule has 0 unspecified atom stereocenters. The quantitative estimate of drug-likeness (QED) is 0.399. The first-order valence-corrected chi connectivity index (χ1v) is 8.08. The van der Waals surface area contributed by atoms with E-state index in [1.165, 1.54) is 24.3 Å². The van der Waals surface area contributed by atoms with Gasteiger partial charge in [0.2, 0.25) is 5.43 Å². The molecule has 0 amide bonds.